The van der Waals surface area contributed by atoms with E-state index in [2.05, 4.69) is 28.6 Å². The van der Waals surface area contributed by atoms with E-state index in [1.54, 1.807) is 0 Å². The Kier molecular flexibility index (Phi) is 5.07. The van der Waals surface area contributed by atoms with Crippen LogP contribution in [-0.2, 0) is 23.2 Å². The summed E-state index contributed by atoms with van der Waals surface area (Å²) in [4.78, 5) is 16.7. The Morgan fingerprint density at radius 1 is 1.29 bits per heavy atom. The molecule has 0 bridgehead atoms. The second-order valence-corrected chi connectivity index (χ2v) is 8.14. The Morgan fingerprint density at radius 2 is 2.04 bits per heavy atom. The topological polar surface area (TPSA) is 32.3 Å². The third kappa shape index (κ3) is 3.55. The largest absolute Gasteiger partial charge is 0.354 e. The summed E-state index contributed by atoms with van der Waals surface area (Å²) >= 11 is 1.86. The van der Waals surface area contributed by atoms with Crippen LogP contribution in [0.2, 0.25) is 0 Å². The van der Waals surface area contributed by atoms with Gasteiger partial charge in [-0.3, -0.25) is 9.69 Å². The monoisotopic (exact) mass is 342 g/mol. The third-order valence-corrected chi connectivity index (χ3v) is 6.10. The van der Waals surface area contributed by atoms with Crippen molar-refractivity contribution in [2.75, 3.05) is 13.1 Å². The predicted octanol–water partition coefficient (Wildman–Crippen LogP) is 3.59. The van der Waals surface area contributed by atoms with Gasteiger partial charge in [-0.25, -0.2) is 0 Å². The molecule has 0 saturated carbocycles. The van der Waals surface area contributed by atoms with Crippen molar-refractivity contribution in [3.05, 3.63) is 57.8 Å². The van der Waals surface area contributed by atoms with Crippen molar-refractivity contribution < 1.29 is 4.79 Å². The van der Waals surface area contributed by atoms with E-state index in [-0.39, 0.29) is 5.91 Å². The molecule has 3 rings (SSSR count). The van der Waals surface area contributed by atoms with E-state index in [4.69, 9.17) is 0 Å². The Balaban J connectivity index is 1.56. The maximum atomic E-state index is 12.7. The van der Waals surface area contributed by atoms with Gasteiger partial charge in [-0.15, -0.1) is 11.3 Å². The van der Waals surface area contributed by atoms with Crippen molar-refractivity contribution in [2.45, 2.75) is 45.2 Å². The summed E-state index contributed by atoms with van der Waals surface area (Å²) in [6, 6.07) is 12.6. The Bertz CT molecular complexity index is 693. The van der Waals surface area contributed by atoms with Gasteiger partial charge in [-0.05, 0) is 49.8 Å². The van der Waals surface area contributed by atoms with Crippen LogP contribution < -0.4 is 5.32 Å². The molecule has 128 valence electrons. The van der Waals surface area contributed by atoms with Gasteiger partial charge in [0.2, 0.25) is 5.91 Å². The van der Waals surface area contributed by atoms with Crippen molar-refractivity contribution in [3.8, 4) is 0 Å². The van der Waals surface area contributed by atoms with Crippen LogP contribution in [0.15, 0.2) is 41.8 Å². The lowest BCUT2D eigenvalue weighted by Crippen LogP contribution is -2.48. The number of carbonyl (C=O) groups is 1. The standard InChI is InChI=1S/C20H26N2OS/c1-15(22-11-9-18-16(14-22)10-12-24-18)13-21-19(23)20(2,3)17-7-5-4-6-8-17/h4-8,10,12,15H,9,11,13-14H2,1-3H3,(H,21,23). The molecule has 1 unspecified atom stereocenters. The molecule has 1 amide bonds. The number of fused-ring (bicyclic) bond motifs is 1. The number of benzene rings is 1. The van der Waals surface area contributed by atoms with E-state index in [0.717, 1.165) is 25.1 Å². The van der Waals surface area contributed by atoms with E-state index in [1.165, 1.54) is 10.4 Å². The highest BCUT2D eigenvalue weighted by molar-refractivity contribution is 7.10. The van der Waals surface area contributed by atoms with Gasteiger partial charge >= 0.3 is 0 Å². The fraction of sp³-hybridized carbons (Fsp3) is 0.450. The zero-order chi connectivity index (χ0) is 17.2. The molecule has 4 heteroatoms. The third-order valence-electron chi connectivity index (χ3n) is 5.08. The molecule has 0 aliphatic carbocycles. The second-order valence-electron chi connectivity index (χ2n) is 7.14. The quantitative estimate of drug-likeness (QED) is 0.901. The molecule has 24 heavy (non-hydrogen) atoms. The molecule has 1 N–H and O–H groups in total. The van der Waals surface area contributed by atoms with Gasteiger partial charge in [-0.1, -0.05) is 30.3 Å². The van der Waals surface area contributed by atoms with Gasteiger partial charge in [0.25, 0.3) is 0 Å². The summed E-state index contributed by atoms with van der Waals surface area (Å²) in [5.41, 5.74) is 1.99. The van der Waals surface area contributed by atoms with E-state index < -0.39 is 5.41 Å². The second kappa shape index (κ2) is 7.08. The molecule has 3 nitrogen and oxygen atoms in total. The summed E-state index contributed by atoms with van der Waals surface area (Å²) in [6.07, 6.45) is 1.13. The first-order chi connectivity index (χ1) is 11.5. The van der Waals surface area contributed by atoms with Crippen molar-refractivity contribution in [1.82, 2.24) is 10.2 Å². The molecular formula is C20H26N2OS. The maximum Gasteiger partial charge on any atom is 0.230 e. The molecule has 0 fully saturated rings. The van der Waals surface area contributed by atoms with Gasteiger partial charge in [0.15, 0.2) is 0 Å². The minimum absolute atomic E-state index is 0.0915. The zero-order valence-corrected chi connectivity index (χ0v) is 15.5. The van der Waals surface area contributed by atoms with Crippen LogP contribution in [0, 0.1) is 0 Å². The van der Waals surface area contributed by atoms with Gasteiger partial charge in [-0.2, -0.15) is 0 Å². The minimum atomic E-state index is -0.511. The Hall–Kier alpha value is -1.65. The molecule has 1 aliphatic rings. The summed E-state index contributed by atoms with van der Waals surface area (Å²) in [5.74, 6) is 0.0915. The predicted molar refractivity (Wildman–Crippen MR) is 100 cm³/mol. The average Bonchev–Trinajstić information content (AvgIpc) is 3.07. The minimum Gasteiger partial charge on any atom is -0.354 e. The van der Waals surface area contributed by atoms with Gasteiger partial charge < -0.3 is 5.32 Å². The van der Waals surface area contributed by atoms with Crippen molar-refractivity contribution >= 4 is 17.2 Å². The highest BCUT2D eigenvalue weighted by Gasteiger charge is 2.30. The first-order valence-corrected chi connectivity index (χ1v) is 9.49. The van der Waals surface area contributed by atoms with Crippen molar-refractivity contribution in [2.24, 2.45) is 0 Å². The first kappa shape index (κ1) is 17.2. The molecule has 0 saturated heterocycles. The highest BCUT2D eigenvalue weighted by Crippen LogP contribution is 2.25. The van der Waals surface area contributed by atoms with Crippen LogP contribution in [0.4, 0.5) is 0 Å². The van der Waals surface area contributed by atoms with Crippen LogP contribution in [0.25, 0.3) is 0 Å². The molecule has 2 heterocycles. The molecule has 0 radical (unpaired) electrons. The number of rotatable bonds is 5. The number of amides is 1. The van der Waals surface area contributed by atoms with Crippen LogP contribution in [0.1, 0.15) is 36.8 Å². The lowest BCUT2D eigenvalue weighted by Gasteiger charge is -2.33. The molecule has 1 aromatic heterocycles. The summed E-state index contributed by atoms with van der Waals surface area (Å²) in [6.45, 7) is 8.94. The summed E-state index contributed by atoms with van der Waals surface area (Å²) in [5, 5.41) is 5.34. The molecule has 1 aliphatic heterocycles. The fourth-order valence-electron chi connectivity index (χ4n) is 3.22. The van der Waals surface area contributed by atoms with Gasteiger partial charge in [0.1, 0.15) is 0 Å². The van der Waals surface area contributed by atoms with Crippen molar-refractivity contribution in [1.29, 1.82) is 0 Å². The number of hydrogen-bond donors (Lipinski definition) is 1. The van der Waals surface area contributed by atoms with E-state index in [9.17, 15) is 4.79 Å². The van der Waals surface area contributed by atoms with E-state index in [1.807, 2.05) is 55.5 Å². The van der Waals surface area contributed by atoms with Crippen LogP contribution >= 0.6 is 11.3 Å². The highest BCUT2D eigenvalue weighted by atomic mass is 32.1. The van der Waals surface area contributed by atoms with Gasteiger partial charge in [0.05, 0.1) is 5.41 Å². The number of nitrogens with one attached hydrogen (secondary N) is 1. The Morgan fingerprint density at radius 3 is 2.79 bits per heavy atom. The molecule has 1 atom stereocenters. The fourth-order valence-corrected chi connectivity index (χ4v) is 4.11. The lowest BCUT2D eigenvalue weighted by molar-refractivity contribution is -0.125. The van der Waals surface area contributed by atoms with Crippen LogP contribution in [-0.4, -0.2) is 29.9 Å². The smallest absolute Gasteiger partial charge is 0.230 e. The number of hydrogen-bond acceptors (Lipinski definition) is 3. The average molecular weight is 343 g/mol. The molecular weight excluding hydrogens is 316 g/mol. The number of nitrogens with zero attached hydrogens (tertiary/aromatic N) is 1. The van der Waals surface area contributed by atoms with Gasteiger partial charge in [0, 0.05) is 30.6 Å². The van der Waals surface area contributed by atoms with Crippen LogP contribution in [0.5, 0.6) is 0 Å². The molecule has 2 aromatic rings. The SMILES string of the molecule is CC(CNC(=O)C(C)(C)c1ccccc1)N1CCc2sccc2C1. The van der Waals surface area contributed by atoms with Crippen LogP contribution in [0.3, 0.4) is 0 Å². The number of thiophene rings is 1. The maximum absolute atomic E-state index is 12.7. The summed E-state index contributed by atoms with van der Waals surface area (Å²) < 4.78 is 0. The van der Waals surface area contributed by atoms with E-state index >= 15 is 0 Å². The van der Waals surface area contributed by atoms with Crippen molar-refractivity contribution in [3.63, 3.8) is 0 Å². The normalized spacial score (nSPS) is 16.5. The first-order valence-electron chi connectivity index (χ1n) is 8.61. The molecule has 1 aromatic carbocycles. The molecule has 0 spiro atoms. The zero-order valence-electron chi connectivity index (χ0n) is 14.7. The summed E-state index contributed by atoms with van der Waals surface area (Å²) in [7, 11) is 0. The van der Waals surface area contributed by atoms with E-state index in [0.29, 0.717) is 12.6 Å². The Labute approximate surface area is 148 Å². The lowest BCUT2D eigenvalue weighted by atomic mass is 9.83. The number of carbonyl (C=O) groups excluding carboxylic acids is 1.